The fourth-order valence-electron chi connectivity index (χ4n) is 3.13. The lowest BCUT2D eigenvalue weighted by Gasteiger charge is -2.21. The van der Waals surface area contributed by atoms with Crippen molar-refractivity contribution in [1.82, 2.24) is 9.78 Å². The minimum Gasteiger partial charge on any atom is -0.273 e. The summed E-state index contributed by atoms with van der Waals surface area (Å²) >= 11 is 0. The summed E-state index contributed by atoms with van der Waals surface area (Å²) in [5.41, 5.74) is -2.94. The molecule has 0 aliphatic heterocycles. The molecular weight excluding hydrogens is 452 g/mol. The van der Waals surface area contributed by atoms with Gasteiger partial charge in [0.25, 0.3) is 0 Å². The summed E-state index contributed by atoms with van der Waals surface area (Å²) in [6, 6.07) is 0.924. The molecule has 31 heavy (non-hydrogen) atoms. The highest BCUT2D eigenvalue weighted by Crippen LogP contribution is 2.37. The second kappa shape index (κ2) is 8.17. The Hall–Kier alpha value is -2.57. The van der Waals surface area contributed by atoms with Gasteiger partial charge in [-0.05, 0) is 44.0 Å². The summed E-state index contributed by atoms with van der Waals surface area (Å²) in [4.78, 5) is 12.7. The summed E-state index contributed by atoms with van der Waals surface area (Å²) in [6.45, 7) is 2.94. The minimum absolute atomic E-state index is 0.0462. The molecular formula is C18H19F6N3O3S. The molecule has 13 heteroatoms. The lowest BCUT2D eigenvalue weighted by molar-refractivity contribution is -0.141. The average Bonchev–Trinajstić information content (AvgIpc) is 2.83. The number of halogens is 6. The highest BCUT2D eigenvalue weighted by molar-refractivity contribution is 7.92. The smallest absolute Gasteiger partial charge is 0.273 e. The molecule has 2 rings (SSSR count). The van der Waals surface area contributed by atoms with Crippen LogP contribution in [0.4, 0.5) is 32.0 Å². The number of nitrogens with zero attached hydrogens (tertiary/aromatic N) is 3. The molecule has 2 aromatic rings. The number of carbonyl (C=O) groups is 1. The summed E-state index contributed by atoms with van der Waals surface area (Å²) in [6.07, 6.45) is -10.6. The van der Waals surface area contributed by atoms with Crippen molar-refractivity contribution < 1.29 is 39.6 Å². The van der Waals surface area contributed by atoms with E-state index in [9.17, 15) is 39.6 Å². The Kier molecular flexibility index (Phi) is 6.51. The van der Waals surface area contributed by atoms with E-state index in [4.69, 9.17) is 0 Å². The molecule has 172 valence electrons. The molecule has 0 fully saturated rings. The second-order valence-corrected chi connectivity index (χ2v) is 8.76. The number of amides is 1. The number of benzene rings is 1. The van der Waals surface area contributed by atoms with E-state index in [1.165, 1.54) is 25.6 Å². The fraction of sp³-hybridized carbons (Fsp3) is 0.444. The number of aryl methyl sites for hydroxylation is 3. The SMILES string of the molecule is Cc1nn(C)c(C)c1N(C(=O)CCc1cc(C(F)(F)F)ccc1C(F)(F)F)S(C)(=O)=O. The van der Waals surface area contributed by atoms with E-state index in [0.717, 1.165) is 6.26 Å². The maximum Gasteiger partial charge on any atom is 0.416 e. The maximum atomic E-state index is 13.2. The van der Waals surface area contributed by atoms with Gasteiger partial charge in [0.05, 0.1) is 28.8 Å². The van der Waals surface area contributed by atoms with Crippen LogP contribution in [0.15, 0.2) is 18.2 Å². The molecule has 0 spiro atoms. The molecule has 0 saturated heterocycles. The van der Waals surface area contributed by atoms with Crippen LogP contribution in [0.2, 0.25) is 0 Å². The van der Waals surface area contributed by atoms with Gasteiger partial charge in [0.1, 0.15) is 5.69 Å². The molecule has 1 amide bonds. The van der Waals surface area contributed by atoms with Crippen LogP contribution < -0.4 is 4.31 Å². The molecule has 0 unspecified atom stereocenters. The number of anilines is 1. The van der Waals surface area contributed by atoms with Gasteiger partial charge in [-0.1, -0.05) is 0 Å². The minimum atomic E-state index is -4.95. The van der Waals surface area contributed by atoms with Crippen molar-refractivity contribution in [3.63, 3.8) is 0 Å². The first kappa shape index (κ1) is 24.7. The largest absolute Gasteiger partial charge is 0.416 e. The standard InChI is InChI=1S/C18H19F6N3O3S/c1-10-16(11(2)26(3)25-10)27(31(4,29)30)15(28)8-5-12-9-13(17(19,20)21)6-7-14(12)18(22,23)24/h6-7,9H,5,8H2,1-4H3. The Morgan fingerprint density at radius 1 is 1.10 bits per heavy atom. The van der Waals surface area contributed by atoms with Gasteiger partial charge in [0.15, 0.2) is 0 Å². The molecule has 0 atom stereocenters. The summed E-state index contributed by atoms with van der Waals surface area (Å²) in [5.74, 6) is -1.09. The van der Waals surface area contributed by atoms with Crippen molar-refractivity contribution in [3.8, 4) is 0 Å². The van der Waals surface area contributed by atoms with Crippen molar-refractivity contribution in [1.29, 1.82) is 0 Å². The van der Waals surface area contributed by atoms with Gasteiger partial charge in [-0.2, -0.15) is 31.4 Å². The van der Waals surface area contributed by atoms with E-state index < -0.39 is 57.8 Å². The van der Waals surface area contributed by atoms with Crippen molar-refractivity contribution >= 4 is 21.6 Å². The predicted molar refractivity (Wildman–Crippen MR) is 99.8 cm³/mol. The van der Waals surface area contributed by atoms with Gasteiger partial charge >= 0.3 is 12.4 Å². The average molecular weight is 471 g/mol. The first-order valence-electron chi connectivity index (χ1n) is 8.75. The Balaban J connectivity index is 2.45. The van der Waals surface area contributed by atoms with Crippen LogP contribution in [0.3, 0.4) is 0 Å². The zero-order valence-corrected chi connectivity index (χ0v) is 17.7. The molecule has 0 N–H and O–H groups in total. The zero-order valence-electron chi connectivity index (χ0n) is 16.9. The topological polar surface area (TPSA) is 72.3 Å². The molecule has 0 saturated carbocycles. The number of carbonyl (C=O) groups excluding carboxylic acids is 1. The molecule has 1 heterocycles. The van der Waals surface area contributed by atoms with E-state index >= 15 is 0 Å². The number of hydrogen-bond donors (Lipinski definition) is 0. The van der Waals surface area contributed by atoms with Crippen LogP contribution >= 0.6 is 0 Å². The van der Waals surface area contributed by atoms with E-state index in [1.807, 2.05) is 0 Å². The molecule has 1 aromatic carbocycles. The molecule has 0 bridgehead atoms. The normalized spacial score (nSPS) is 12.8. The number of hydrogen-bond acceptors (Lipinski definition) is 4. The van der Waals surface area contributed by atoms with E-state index in [0.29, 0.717) is 28.2 Å². The Bertz CT molecular complexity index is 1100. The number of rotatable bonds is 5. The van der Waals surface area contributed by atoms with E-state index in [2.05, 4.69) is 5.10 Å². The molecule has 1 aromatic heterocycles. The number of sulfonamides is 1. The van der Waals surface area contributed by atoms with E-state index in [1.54, 1.807) is 0 Å². The fourth-order valence-corrected chi connectivity index (χ4v) is 4.19. The van der Waals surface area contributed by atoms with Gasteiger partial charge in [0, 0.05) is 13.5 Å². The van der Waals surface area contributed by atoms with Crippen molar-refractivity contribution in [3.05, 3.63) is 46.3 Å². The Morgan fingerprint density at radius 3 is 2.10 bits per heavy atom. The molecule has 0 aliphatic carbocycles. The first-order valence-corrected chi connectivity index (χ1v) is 10.6. The third-order valence-corrected chi connectivity index (χ3v) is 5.63. The van der Waals surface area contributed by atoms with Crippen LogP contribution in [0.5, 0.6) is 0 Å². The predicted octanol–water partition coefficient (Wildman–Crippen LogP) is 4.00. The summed E-state index contributed by atoms with van der Waals surface area (Å²) in [7, 11) is -2.69. The monoisotopic (exact) mass is 471 g/mol. The van der Waals surface area contributed by atoms with Crippen LogP contribution in [0, 0.1) is 13.8 Å². The summed E-state index contributed by atoms with van der Waals surface area (Å²) < 4.78 is 105. The maximum absolute atomic E-state index is 13.2. The number of alkyl halides is 6. The van der Waals surface area contributed by atoms with Crippen molar-refractivity contribution in [2.75, 3.05) is 10.6 Å². The van der Waals surface area contributed by atoms with Gasteiger partial charge in [0.2, 0.25) is 15.9 Å². The number of aromatic nitrogens is 2. The Labute approximate surface area is 174 Å². The first-order chi connectivity index (χ1) is 13.9. The quantitative estimate of drug-likeness (QED) is 0.618. The third-order valence-electron chi connectivity index (χ3n) is 4.58. The zero-order chi connectivity index (χ0) is 23.9. The Morgan fingerprint density at radius 2 is 1.68 bits per heavy atom. The molecule has 0 radical (unpaired) electrons. The van der Waals surface area contributed by atoms with Gasteiger partial charge in [-0.3, -0.25) is 9.48 Å². The van der Waals surface area contributed by atoms with Crippen molar-refractivity contribution in [2.24, 2.45) is 7.05 Å². The van der Waals surface area contributed by atoms with Crippen LogP contribution in [0.25, 0.3) is 0 Å². The van der Waals surface area contributed by atoms with Gasteiger partial charge in [-0.25, -0.2) is 12.7 Å². The van der Waals surface area contributed by atoms with Gasteiger partial charge < -0.3 is 0 Å². The van der Waals surface area contributed by atoms with Crippen molar-refractivity contribution in [2.45, 2.75) is 39.0 Å². The van der Waals surface area contributed by atoms with Crippen LogP contribution in [-0.4, -0.2) is 30.4 Å². The van der Waals surface area contributed by atoms with Crippen LogP contribution in [0.1, 0.15) is 34.5 Å². The lowest BCUT2D eigenvalue weighted by Crippen LogP contribution is -2.37. The van der Waals surface area contributed by atoms with E-state index in [-0.39, 0.29) is 11.4 Å². The highest BCUT2D eigenvalue weighted by Gasteiger charge is 2.37. The highest BCUT2D eigenvalue weighted by atomic mass is 32.2. The molecule has 0 aliphatic rings. The molecule has 6 nitrogen and oxygen atoms in total. The lowest BCUT2D eigenvalue weighted by atomic mass is 9.99. The second-order valence-electron chi connectivity index (χ2n) is 6.93. The van der Waals surface area contributed by atoms with Crippen LogP contribution in [-0.2, 0) is 40.6 Å². The summed E-state index contributed by atoms with van der Waals surface area (Å²) in [5, 5.41) is 4.02. The van der Waals surface area contributed by atoms with Gasteiger partial charge in [-0.15, -0.1) is 0 Å². The third kappa shape index (κ3) is 5.38.